The van der Waals surface area contributed by atoms with Crippen LogP contribution in [0.5, 0.6) is 0 Å². The summed E-state index contributed by atoms with van der Waals surface area (Å²) in [6, 6.07) is 9.79. The summed E-state index contributed by atoms with van der Waals surface area (Å²) in [4.78, 5) is 16.0. The van der Waals surface area contributed by atoms with Gasteiger partial charge in [-0.25, -0.2) is 0 Å². The highest BCUT2D eigenvalue weighted by Gasteiger charge is 2.26. The summed E-state index contributed by atoms with van der Waals surface area (Å²) in [5, 5.41) is 6.01. The second kappa shape index (κ2) is 7.67. The van der Waals surface area contributed by atoms with Gasteiger partial charge in [-0.2, -0.15) is 0 Å². The Morgan fingerprint density at radius 1 is 1.35 bits per heavy atom. The van der Waals surface area contributed by atoms with Gasteiger partial charge in [0.15, 0.2) is 0 Å². The van der Waals surface area contributed by atoms with E-state index in [4.69, 9.17) is 23.2 Å². The van der Waals surface area contributed by atoms with Crippen LogP contribution in [0.4, 0.5) is 5.69 Å². The molecule has 0 saturated carbocycles. The molecule has 23 heavy (non-hydrogen) atoms. The second-order valence-corrected chi connectivity index (χ2v) is 7.45. The third kappa shape index (κ3) is 4.27. The SMILES string of the molecule is O=C(CCN1CCC[C@H]1c1cccs1)Nc1cc(Cl)ccc1Cl. The van der Waals surface area contributed by atoms with Gasteiger partial charge >= 0.3 is 0 Å². The summed E-state index contributed by atoms with van der Waals surface area (Å²) in [7, 11) is 0. The van der Waals surface area contributed by atoms with Gasteiger partial charge in [-0.05, 0) is 49.0 Å². The molecule has 1 fully saturated rings. The lowest BCUT2D eigenvalue weighted by Crippen LogP contribution is -2.27. The quantitative estimate of drug-likeness (QED) is 0.784. The number of benzene rings is 1. The third-order valence-electron chi connectivity index (χ3n) is 4.06. The summed E-state index contributed by atoms with van der Waals surface area (Å²) >= 11 is 13.8. The number of amides is 1. The van der Waals surface area contributed by atoms with Crippen molar-refractivity contribution in [1.29, 1.82) is 0 Å². The maximum Gasteiger partial charge on any atom is 0.225 e. The van der Waals surface area contributed by atoms with Crippen LogP contribution < -0.4 is 5.32 Å². The Labute approximate surface area is 150 Å². The first kappa shape index (κ1) is 16.8. The number of halogens is 2. The lowest BCUT2D eigenvalue weighted by Gasteiger charge is -2.23. The highest BCUT2D eigenvalue weighted by Crippen LogP contribution is 2.34. The van der Waals surface area contributed by atoms with Gasteiger partial charge in [0, 0.05) is 28.9 Å². The number of carbonyl (C=O) groups excluding carboxylic acids is 1. The standard InChI is InChI=1S/C17H18Cl2N2OS/c18-12-5-6-13(19)14(11-12)20-17(22)7-9-21-8-1-3-15(21)16-4-2-10-23-16/h2,4-6,10-11,15H,1,3,7-9H2,(H,20,22)/t15-/m0/s1. The molecule has 1 aromatic heterocycles. The van der Waals surface area contributed by atoms with Crippen molar-refractivity contribution in [2.75, 3.05) is 18.4 Å². The summed E-state index contributed by atoms with van der Waals surface area (Å²) in [6.07, 6.45) is 2.80. The van der Waals surface area contributed by atoms with E-state index in [0.717, 1.165) is 13.1 Å². The molecule has 0 bridgehead atoms. The third-order valence-corrected chi connectivity index (χ3v) is 5.60. The van der Waals surface area contributed by atoms with Gasteiger partial charge < -0.3 is 5.32 Å². The van der Waals surface area contributed by atoms with Crippen LogP contribution >= 0.6 is 34.5 Å². The minimum Gasteiger partial charge on any atom is -0.325 e. The van der Waals surface area contributed by atoms with Crippen molar-refractivity contribution < 1.29 is 4.79 Å². The molecule has 0 spiro atoms. The van der Waals surface area contributed by atoms with Crippen LogP contribution in [0.1, 0.15) is 30.2 Å². The molecule has 0 unspecified atom stereocenters. The van der Waals surface area contributed by atoms with Crippen LogP contribution in [-0.2, 0) is 4.79 Å². The summed E-state index contributed by atoms with van der Waals surface area (Å²) in [5.74, 6) is -0.0361. The second-order valence-electron chi connectivity index (χ2n) is 5.63. The van der Waals surface area contributed by atoms with E-state index in [0.29, 0.717) is 28.2 Å². The van der Waals surface area contributed by atoms with Crippen molar-refractivity contribution in [3.63, 3.8) is 0 Å². The number of hydrogen-bond acceptors (Lipinski definition) is 3. The van der Waals surface area contributed by atoms with Gasteiger partial charge in [0.25, 0.3) is 0 Å². The van der Waals surface area contributed by atoms with E-state index >= 15 is 0 Å². The highest BCUT2D eigenvalue weighted by molar-refractivity contribution is 7.10. The zero-order valence-electron chi connectivity index (χ0n) is 12.6. The summed E-state index contributed by atoms with van der Waals surface area (Å²) in [6.45, 7) is 1.81. The van der Waals surface area contributed by atoms with Crippen LogP contribution in [0, 0.1) is 0 Å². The molecule has 122 valence electrons. The molecule has 3 nitrogen and oxygen atoms in total. The Balaban J connectivity index is 1.55. The Kier molecular flexibility index (Phi) is 5.59. The molecule has 1 amide bonds. The van der Waals surface area contributed by atoms with E-state index in [1.165, 1.54) is 17.7 Å². The van der Waals surface area contributed by atoms with E-state index in [1.54, 1.807) is 29.5 Å². The van der Waals surface area contributed by atoms with E-state index < -0.39 is 0 Å². The van der Waals surface area contributed by atoms with Gasteiger partial charge in [0.2, 0.25) is 5.91 Å². The zero-order valence-corrected chi connectivity index (χ0v) is 14.9. The molecular formula is C17H18Cl2N2OS. The number of carbonyl (C=O) groups is 1. The van der Waals surface area contributed by atoms with Crippen molar-refractivity contribution in [3.8, 4) is 0 Å². The molecule has 1 aliphatic heterocycles. The van der Waals surface area contributed by atoms with Crippen LogP contribution in [0.2, 0.25) is 10.0 Å². The van der Waals surface area contributed by atoms with E-state index in [2.05, 4.69) is 27.7 Å². The number of nitrogens with zero attached hydrogens (tertiary/aromatic N) is 1. The van der Waals surface area contributed by atoms with Gasteiger partial charge in [-0.3, -0.25) is 9.69 Å². The van der Waals surface area contributed by atoms with Crippen molar-refractivity contribution >= 4 is 46.1 Å². The predicted octanol–water partition coefficient (Wildman–Crippen LogP) is 5.22. The van der Waals surface area contributed by atoms with E-state index in [9.17, 15) is 4.79 Å². The van der Waals surface area contributed by atoms with E-state index in [1.807, 2.05) is 0 Å². The molecule has 0 radical (unpaired) electrons. The van der Waals surface area contributed by atoms with Crippen LogP contribution in [0.15, 0.2) is 35.7 Å². The number of anilines is 1. The van der Waals surface area contributed by atoms with Gasteiger partial charge in [-0.1, -0.05) is 29.3 Å². The predicted molar refractivity (Wildman–Crippen MR) is 97.6 cm³/mol. The molecule has 3 rings (SSSR count). The molecule has 1 aliphatic rings. The molecular weight excluding hydrogens is 351 g/mol. The average Bonchev–Trinajstić information content (AvgIpc) is 3.19. The average molecular weight is 369 g/mol. The lowest BCUT2D eigenvalue weighted by molar-refractivity contribution is -0.116. The van der Waals surface area contributed by atoms with Crippen LogP contribution in [0.3, 0.4) is 0 Å². The minimum absolute atomic E-state index is 0.0361. The summed E-state index contributed by atoms with van der Waals surface area (Å²) < 4.78 is 0. The lowest BCUT2D eigenvalue weighted by atomic mass is 10.2. The molecule has 1 N–H and O–H groups in total. The van der Waals surface area contributed by atoms with Crippen molar-refractivity contribution in [2.45, 2.75) is 25.3 Å². The minimum atomic E-state index is -0.0361. The number of rotatable bonds is 5. The fourth-order valence-electron chi connectivity index (χ4n) is 2.95. The first-order valence-corrected chi connectivity index (χ1v) is 9.29. The fraction of sp³-hybridized carbons (Fsp3) is 0.353. The van der Waals surface area contributed by atoms with Gasteiger partial charge in [-0.15, -0.1) is 11.3 Å². The molecule has 2 aromatic rings. The maximum atomic E-state index is 12.2. The van der Waals surface area contributed by atoms with Crippen molar-refractivity contribution in [1.82, 2.24) is 4.90 Å². The molecule has 0 aliphatic carbocycles. The summed E-state index contributed by atoms with van der Waals surface area (Å²) in [5.41, 5.74) is 0.570. The van der Waals surface area contributed by atoms with Gasteiger partial charge in [0.1, 0.15) is 0 Å². The largest absolute Gasteiger partial charge is 0.325 e. The number of likely N-dealkylation sites (tertiary alicyclic amines) is 1. The number of thiophene rings is 1. The Hall–Kier alpha value is -1.07. The number of hydrogen-bond donors (Lipinski definition) is 1. The first-order chi connectivity index (χ1) is 11.1. The fourth-order valence-corrected chi connectivity index (χ4v) is 4.18. The first-order valence-electron chi connectivity index (χ1n) is 7.66. The van der Waals surface area contributed by atoms with Crippen LogP contribution in [-0.4, -0.2) is 23.9 Å². The zero-order chi connectivity index (χ0) is 16.2. The molecule has 1 aromatic carbocycles. The van der Waals surface area contributed by atoms with Crippen molar-refractivity contribution in [3.05, 3.63) is 50.6 Å². The monoisotopic (exact) mass is 368 g/mol. The van der Waals surface area contributed by atoms with Gasteiger partial charge in [0.05, 0.1) is 10.7 Å². The topological polar surface area (TPSA) is 32.3 Å². The molecule has 1 saturated heterocycles. The Bertz CT molecular complexity index is 675. The highest BCUT2D eigenvalue weighted by atomic mass is 35.5. The van der Waals surface area contributed by atoms with Crippen LogP contribution in [0.25, 0.3) is 0 Å². The Morgan fingerprint density at radius 3 is 3.00 bits per heavy atom. The molecule has 6 heteroatoms. The van der Waals surface area contributed by atoms with Crippen molar-refractivity contribution in [2.24, 2.45) is 0 Å². The normalized spacial score (nSPS) is 18.3. The molecule has 2 heterocycles. The maximum absolute atomic E-state index is 12.2. The molecule has 1 atom stereocenters. The van der Waals surface area contributed by atoms with E-state index in [-0.39, 0.29) is 5.91 Å². The Morgan fingerprint density at radius 2 is 2.22 bits per heavy atom. The number of nitrogens with one attached hydrogen (secondary N) is 1. The smallest absolute Gasteiger partial charge is 0.225 e.